The van der Waals surface area contributed by atoms with Gasteiger partial charge in [-0.15, -0.1) is 0 Å². The summed E-state index contributed by atoms with van der Waals surface area (Å²) in [4.78, 5) is 13.4. The summed E-state index contributed by atoms with van der Waals surface area (Å²) in [5.74, 6) is 1.31. The van der Waals surface area contributed by atoms with Crippen LogP contribution in [-0.2, 0) is 7.05 Å². The van der Waals surface area contributed by atoms with Crippen molar-refractivity contribution in [2.45, 2.75) is 38.6 Å². The van der Waals surface area contributed by atoms with Gasteiger partial charge in [0.25, 0.3) is 0 Å². The minimum atomic E-state index is -0.271. The lowest BCUT2D eigenvalue weighted by atomic mass is 9.94. The normalized spacial score (nSPS) is 25.4. The molecule has 0 aromatic carbocycles. The quantitative estimate of drug-likeness (QED) is 0.677. The molecule has 2 aliphatic heterocycles. The maximum atomic E-state index is 11.5. The molecule has 1 aromatic rings. The SMILES string of the molecule is CC(C)c1nn(C)c(N2C[C@@H]3CCCN[C@@H]3C2)c1[N+](=O)[O-]. The van der Waals surface area contributed by atoms with Gasteiger partial charge in [0, 0.05) is 32.1 Å². The van der Waals surface area contributed by atoms with Crippen LogP contribution in [0.5, 0.6) is 0 Å². The average Bonchev–Trinajstić information content (AvgIpc) is 2.98. The zero-order chi connectivity index (χ0) is 15.1. The second-order valence-corrected chi connectivity index (χ2v) is 6.46. The fourth-order valence-corrected chi connectivity index (χ4v) is 3.66. The van der Waals surface area contributed by atoms with Gasteiger partial charge in [-0.05, 0) is 25.3 Å². The summed E-state index contributed by atoms with van der Waals surface area (Å²) in [5.41, 5.74) is 0.770. The van der Waals surface area contributed by atoms with Crippen molar-refractivity contribution in [1.82, 2.24) is 15.1 Å². The standard InChI is InChI=1S/C14H23N5O2/c1-9(2)12-13(19(20)21)14(17(3)16-12)18-7-10-5-4-6-15-11(10)8-18/h9-11,15H,4-8H2,1-3H3/t10-,11+/m0/s1. The van der Waals surface area contributed by atoms with Crippen molar-refractivity contribution in [2.24, 2.45) is 13.0 Å². The Morgan fingerprint density at radius 1 is 1.43 bits per heavy atom. The van der Waals surface area contributed by atoms with Crippen LogP contribution in [0.1, 0.15) is 38.3 Å². The van der Waals surface area contributed by atoms with E-state index in [1.165, 1.54) is 12.8 Å². The Hall–Kier alpha value is -1.63. The first-order valence-corrected chi connectivity index (χ1v) is 7.68. The van der Waals surface area contributed by atoms with E-state index in [0.717, 1.165) is 19.6 Å². The van der Waals surface area contributed by atoms with Crippen molar-refractivity contribution in [3.63, 3.8) is 0 Å². The van der Waals surface area contributed by atoms with Gasteiger partial charge in [-0.2, -0.15) is 5.10 Å². The van der Waals surface area contributed by atoms with E-state index in [4.69, 9.17) is 0 Å². The Labute approximate surface area is 124 Å². The zero-order valence-corrected chi connectivity index (χ0v) is 12.9. The number of fused-ring (bicyclic) bond motifs is 1. The molecule has 0 unspecified atom stereocenters. The summed E-state index contributed by atoms with van der Waals surface area (Å²) in [6.45, 7) is 6.67. The summed E-state index contributed by atoms with van der Waals surface area (Å²) in [5, 5.41) is 19.5. The summed E-state index contributed by atoms with van der Waals surface area (Å²) in [6.07, 6.45) is 2.40. The Kier molecular flexibility index (Phi) is 3.61. The number of rotatable bonds is 3. The molecular formula is C14H23N5O2. The van der Waals surface area contributed by atoms with E-state index in [1.807, 2.05) is 20.9 Å². The number of hydrogen-bond donors (Lipinski definition) is 1. The highest BCUT2D eigenvalue weighted by Gasteiger charge is 2.40. The van der Waals surface area contributed by atoms with E-state index >= 15 is 0 Å². The van der Waals surface area contributed by atoms with E-state index in [0.29, 0.717) is 23.5 Å². The predicted molar refractivity (Wildman–Crippen MR) is 80.7 cm³/mol. The number of nitrogens with one attached hydrogen (secondary N) is 1. The van der Waals surface area contributed by atoms with Gasteiger partial charge < -0.3 is 10.2 Å². The number of nitrogens with zero attached hydrogens (tertiary/aromatic N) is 4. The third kappa shape index (κ3) is 2.39. The molecule has 0 aliphatic carbocycles. The van der Waals surface area contributed by atoms with Gasteiger partial charge in [-0.1, -0.05) is 13.8 Å². The lowest BCUT2D eigenvalue weighted by Gasteiger charge is -2.24. The Morgan fingerprint density at radius 3 is 2.81 bits per heavy atom. The summed E-state index contributed by atoms with van der Waals surface area (Å²) in [7, 11) is 1.81. The van der Waals surface area contributed by atoms with Crippen molar-refractivity contribution in [1.29, 1.82) is 0 Å². The van der Waals surface area contributed by atoms with Crippen molar-refractivity contribution in [2.75, 3.05) is 24.5 Å². The molecule has 0 bridgehead atoms. The summed E-state index contributed by atoms with van der Waals surface area (Å²) in [6, 6.07) is 0.454. The molecule has 2 fully saturated rings. The fourth-order valence-electron chi connectivity index (χ4n) is 3.66. The zero-order valence-electron chi connectivity index (χ0n) is 12.9. The molecule has 7 nitrogen and oxygen atoms in total. The topological polar surface area (TPSA) is 76.2 Å². The largest absolute Gasteiger partial charge is 0.349 e. The van der Waals surface area contributed by atoms with Gasteiger partial charge in [0.05, 0.1) is 4.92 Å². The van der Waals surface area contributed by atoms with Crippen LogP contribution in [0.25, 0.3) is 0 Å². The first-order valence-electron chi connectivity index (χ1n) is 7.68. The second kappa shape index (κ2) is 5.29. The van der Waals surface area contributed by atoms with Crippen LogP contribution in [0.4, 0.5) is 11.5 Å². The molecule has 116 valence electrons. The van der Waals surface area contributed by atoms with Gasteiger partial charge in [0.2, 0.25) is 5.82 Å². The van der Waals surface area contributed by atoms with Gasteiger partial charge in [0.15, 0.2) is 0 Å². The molecule has 1 N–H and O–H groups in total. The van der Waals surface area contributed by atoms with E-state index in [-0.39, 0.29) is 16.5 Å². The molecule has 21 heavy (non-hydrogen) atoms. The Morgan fingerprint density at radius 2 is 2.19 bits per heavy atom. The van der Waals surface area contributed by atoms with Crippen LogP contribution < -0.4 is 10.2 Å². The minimum absolute atomic E-state index is 0.0494. The minimum Gasteiger partial charge on any atom is -0.349 e. The molecule has 0 amide bonds. The van der Waals surface area contributed by atoms with Crippen molar-refractivity contribution in [3.8, 4) is 0 Å². The van der Waals surface area contributed by atoms with Gasteiger partial charge in [-0.25, -0.2) is 4.68 Å². The van der Waals surface area contributed by atoms with Crippen LogP contribution in [0.3, 0.4) is 0 Å². The monoisotopic (exact) mass is 293 g/mol. The summed E-state index contributed by atoms with van der Waals surface area (Å²) < 4.78 is 1.69. The van der Waals surface area contributed by atoms with Crippen molar-refractivity contribution < 1.29 is 4.92 Å². The van der Waals surface area contributed by atoms with Crippen LogP contribution in [0, 0.1) is 16.0 Å². The molecule has 1 aromatic heterocycles. The first-order chi connectivity index (χ1) is 9.99. The van der Waals surface area contributed by atoms with E-state index in [2.05, 4.69) is 15.3 Å². The van der Waals surface area contributed by atoms with E-state index < -0.39 is 0 Å². The fraction of sp³-hybridized carbons (Fsp3) is 0.786. The molecule has 3 heterocycles. The maximum absolute atomic E-state index is 11.5. The van der Waals surface area contributed by atoms with Gasteiger partial charge in [-0.3, -0.25) is 10.1 Å². The third-order valence-electron chi connectivity index (χ3n) is 4.65. The van der Waals surface area contributed by atoms with Gasteiger partial charge >= 0.3 is 5.69 Å². The van der Waals surface area contributed by atoms with Crippen LogP contribution >= 0.6 is 0 Å². The maximum Gasteiger partial charge on any atom is 0.334 e. The molecule has 0 spiro atoms. The second-order valence-electron chi connectivity index (χ2n) is 6.46. The van der Waals surface area contributed by atoms with E-state index in [9.17, 15) is 10.1 Å². The first kappa shape index (κ1) is 14.3. The molecule has 0 radical (unpaired) electrons. The number of anilines is 1. The molecular weight excluding hydrogens is 270 g/mol. The summed E-state index contributed by atoms with van der Waals surface area (Å²) >= 11 is 0. The Bertz CT molecular complexity index is 540. The molecule has 2 aliphatic rings. The predicted octanol–water partition coefficient (Wildman–Crippen LogP) is 1.64. The number of aromatic nitrogens is 2. The molecule has 2 atom stereocenters. The Balaban J connectivity index is 1.97. The molecule has 7 heteroatoms. The number of piperidine rings is 1. The molecule has 0 saturated carbocycles. The lowest BCUT2D eigenvalue weighted by molar-refractivity contribution is -0.385. The lowest BCUT2D eigenvalue weighted by Crippen LogP contribution is -2.40. The number of nitro groups is 1. The van der Waals surface area contributed by atoms with Crippen LogP contribution in [0.15, 0.2) is 0 Å². The molecule has 2 saturated heterocycles. The van der Waals surface area contributed by atoms with Crippen LogP contribution in [0.2, 0.25) is 0 Å². The van der Waals surface area contributed by atoms with Crippen molar-refractivity contribution >= 4 is 11.5 Å². The highest BCUT2D eigenvalue weighted by Crippen LogP contribution is 2.38. The highest BCUT2D eigenvalue weighted by atomic mass is 16.6. The van der Waals surface area contributed by atoms with Gasteiger partial charge in [0.1, 0.15) is 5.69 Å². The van der Waals surface area contributed by atoms with E-state index in [1.54, 1.807) is 4.68 Å². The molecule has 3 rings (SSSR count). The smallest absolute Gasteiger partial charge is 0.334 e. The number of hydrogen-bond acceptors (Lipinski definition) is 5. The number of aryl methyl sites for hydroxylation is 1. The highest BCUT2D eigenvalue weighted by molar-refractivity contribution is 5.63. The van der Waals surface area contributed by atoms with Crippen LogP contribution in [-0.4, -0.2) is 40.4 Å². The van der Waals surface area contributed by atoms with Crippen molar-refractivity contribution in [3.05, 3.63) is 15.8 Å². The average molecular weight is 293 g/mol. The third-order valence-corrected chi connectivity index (χ3v) is 4.65.